The zero-order chi connectivity index (χ0) is 78.0. The molecule has 3 unspecified atom stereocenters. The molecule has 25 nitrogen and oxygen atoms in total. The van der Waals surface area contributed by atoms with Gasteiger partial charge in [-0.25, -0.2) is 14.4 Å². The van der Waals surface area contributed by atoms with Gasteiger partial charge in [0.2, 0.25) is 0 Å². The SMILES string of the molecule is CCOC(=O)CN(C(=O)OCC)c1cc(Cl)c(Oc2ccc(OC)c(C(=O)N3CCCCC3)c2)c(Cl)c1.CCOC(=O)CN(C(=O)OCC)c1cc(Cl)c(Oc2ccc(OC)c(C(=O)NC3CC4CCC3C4)c2)c(Cl)c1.CCOC(=O)CN(C(=O)OCC)c1cc(Cl)c(Oc2ccc(OC)c(CC)c2)c(Cl)c1. The monoisotopic (exact) mass is 1600 g/mol. The number of halogens is 6. The number of aryl methyl sites for hydroxylation is 1. The normalized spacial score (nSPS) is 14.6. The van der Waals surface area contributed by atoms with Crippen LogP contribution >= 0.6 is 69.6 Å². The lowest BCUT2D eigenvalue weighted by Gasteiger charge is -2.27. The summed E-state index contributed by atoms with van der Waals surface area (Å²) in [5.41, 5.74) is 2.40. The molecule has 6 aromatic rings. The second-order valence-corrected chi connectivity index (χ2v) is 26.4. The molecule has 5 amide bonds. The molecule has 9 rings (SSSR count). The molecular weight excluding hydrogens is 1520 g/mol. The van der Waals surface area contributed by atoms with Gasteiger partial charge in [0.05, 0.1) is 119 Å². The molecule has 3 atom stereocenters. The van der Waals surface area contributed by atoms with E-state index in [1.807, 2.05) is 13.0 Å². The number of anilines is 3. The molecule has 0 aromatic heterocycles. The summed E-state index contributed by atoms with van der Waals surface area (Å²) in [6.45, 7) is 13.1. The van der Waals surface area contributed by atoms with Gasteiger partial charge in [-0.05, 0) is 195 Å². The summed E-state index contributed by atoms with van der Waals surface area (Å²) in [6.07, 6.45) is 6.10. The molecule has 2 aliphatic carbocycles. The number of carbonyl (C=O) groups excluding carboxylic acids is 8. The Balaban J connectivity index is 0.000000225. The minimum Gasteiger partial charge on any atom is -0.496 e. The molecule has 2 bridgehead atoms. The van der Waals surface area contributed by atoms with Gasteiger partial charge >= 0.3 is 36.2 Å². The van der Waals surface area contributed by atoms with Crippen LogP contribution in [0.25, 0.3) is 0 Å². The van der Waals surface area contributed by atoms with E-state index in [1.54, 1.807) is 102 Å². The highest BCUT2D eigenvalue weighted by Gasteiger charge is 2.41. The van der Waals surface area contributed by atoms with E-state index in [0.29, 0.717) is 64.8 Å². The number of amides is 5. The van der Waals surface area contributed by atoms with Crippen molar-refractivity contribution in [2.24, 2.45) is 11.8 Å². The zero-order valence-corrected chi connectivity index (χ0v) is 65.6. The number of likely N-dealkylation sites (tertiary alicyclic amines) is 1. The molecule has 6 aromatic carbocycles. The number of rotatable bonds is 28. The van der Waals surface area contributed by atoms with Gasteiger partial charge < -0.3 is 67.1 Å². The molecule has 1 saturated heterocycles. The summed E-state index contributed by atoms with van der Waals surface area (Å²) in [5, 5.41) is 3.82. The minimum absolute atomic E-state index is 0.0828. The fourth-order valence-electron chi connectivity index (χ4n) is 12.0. The quantitative estimate of drug-likeness (QED) is 0.0353. The smallest absolute Gasteiger partial charge is 0.414 e. The van der Waals surface area contributed by atoms with Crippen LogP contribution in [0.15, 0.2) is 91.0 Å². The standard InChI is InChI=1S/C28H32Cl2N2O7.C26H30Cl2N2O7.C22H25Cl2NO6/c1-4-37-25(33)15-32(28(35)38-5-2)18-12-21(29)26(22(30)13-18)39-19-8-9-24(36-3)20(14-19)27(34)31-23-11-16-6-7-17(23)10-16;1-4-35-23(31)16-30(26(33)36-5-2)17-13-20(27)24(21(28)14-17)37-18-9-10-22(34-3)19(15-18)25(32)29-11-7-6-8-12-29;1-5-14-10-16(8-9-19(14)28-4)31-21-17(23)11-15(12-18(21)24)25(22(27)30-7-3)13-20(26)29-6-2/h8-9,12-14,16-17,23H,4-7,10-11,15H2,1-3H3,(H,31,34);9-10,13-15H,4-8,11-12,16H2,1-3H3;8-12H,5-7,13H2,1-4H3. The van der Waals surface area contributed by atoms with Crippen molar-refractivity contribution in [1.82, 2.24) is 10.2 Å². The van der Waals surface area contributed by atoms with E-state index in [1.165, 1.54) is 63.5 Å². The highest BCUT2D eigenvalue weighted by Crippen LogP contribution is 2.47. The maximum Gasteiger partial charge on any atom is 0.414 e. The van der Waals surface area contributed by atoms with Crippen LogP contribution in [-0.2, 0) is 49.2 Å². The van der Waals surface area contributed by atoms with E-state index < -0.39 is 36.2 Å². The number of benzene rings is 6. The molecule has 0 spiro atoms. The molecule has 3 fully saturated rings. The van der Waals surface area contributed by atoms with Gasteiger partial charge in [0.15, 0.2) is 17.2 Å². The van der Waals surface area contributed by atoms with Crippen molar-refractivity contribution >= 4 is 135 Å². The van der Waals surface area contributed by atoms with E-state index in [0.717, 1.165) is 64.5 Å². The second kappa shape index (κ2) is 42.0. The third kappa shape index (κ3) is 23.5. The van der Waals surface area contributed by atoms with Gasteiger partial charge in [-0.15, -0.1) is 0 Å². The summed E-state index contributed by atoms with van der Waals surface area (Å²) >= 11 is 38.8. The van der Waals surface area contributed by atoms with Crippen molar-refractivity contribution in [2.75, 3.05) is 108 Å². The second-order valence-electron chi connectivity index (χ2n) is 24.0. The zero-order valence-electron chi connectivity index (χ0n) is 61.0. The Morgan fingerprint density at radius 2 is 0.785 bits per heavy atom. The number of nitrogens with zero attached hydrogens (tertiary/aromatic N) is 4. The highest BCUT2D eigenvalue weighted by molar-refractivity contribution is 6.39. The topological polar surface area (TPSA) is 272 Å². The summed E-state index contributed by atoms with van der Waals surface area (Å²) in [4.78, 5) is 105. The van der Waals surface area contributed by atoms with Gasteiger partial charge in [0.1, 0.15) is 54.1 Å². The summed E-state index contributed by atoms with van der Waals surface area (Å²) < 4.78 is 64.0. The predicted octanol–water partition coefficient (Wildman–Crippen LogP) is 18.1. The van der Waals surface area contributed by atoms with Crippen LogP contribution in [0.5, 0.6) is 51.7 Å². The maximum atomic E-state index is 13.2. The van der Waals surface area contributed by atoms with Crippen molar-refractivity contribution in [3.63, 3.8) is 0 Å². The molecule has 1 heterocycles. The van der Waals surface area contributed by atoms with E-state index in [2.05, 4.69) is 5.32 Å². The molecule has 2 saturated carbocycles. The maximum absolute atomic E-state index is 13.2. The first-order valence-electron chi connectivity index (χ1n) is 34.8. The number of esters is 3. The predicted molar refractivity (Wildman–Crippen MR) is 407 cm³/mol. The molecule has 0 radical (unpaired) electrons. The van der Waals surface area contributed by atoms with E-state index >= 15 is 0 Å². The van der Waals surface area contributed by atoms with Crippen LogP contribution in [0.1, 0.15) is 120 Å². The lowest BCUT2D eigenvalue weighted by atomic mass is 9.95. The Morgan fingerprint density at radius 3 is 1.12 bits per heavy atom. The Labute approximate surface area is 651 Å². The van der Waals surface area contributed by atoms with Crippen LogP contribution < -0.4 is 48.4 Å². The molecular formula is C76H87Cl6N5O20. The van der Waals surface area contributed by atoms with E-state index in [-0.39, 0.29) is 142 Å². The lowest BCUT2D eigenvalue weighted by Crippen LogP contribution is -2.38. The van der Waals surface area contributed by atoms with Crippen LogP contribution in [0, 0.1) is 11.8 Å². The van der Waals surface area contributed by atoms with Crippen molar-refractivity contribution < 1.29 is 95.2 Å². The van der Waals surface area contributed by atoms with Crippen molar-refractivity contribution in [1.29, 1.82) is 0 Å². The Morgan fingerprint density at radius 1 is 0.430 bits per heavy atom. The number of hydrogen-bond acceptors (Lipinski definition) is 20. The summed E-state index contributed by atoms with van der Waals surface area (Å²) in [6, 6.07) is 24.0. The first-order chi connectivity index (χ1) is 51.3. The highest BCUT2D eigenvalue weighted by atomic mass is 35.5. The van der Waals surface area contributed by atoms with E-state index in [9.17, 15) is 38.4 Å². The summed E-state index contributed by atoms with van der Waals surface area (Å²) in [7, 11) is 4.61. The lowest BCUT2D eigenvalue weighted by molar-refractivity contribution is -0.142. The van der Waals surface area contributed by atoms with Gasteiger partial charge in [-0.2, -0.15) is 0 Å². The fourth-order valence-corrected chi connectivity index (χ4v) is 13.7. The van der Waals surface area contributed by atoms with Gasteiger partial charge in [0.25, 0.3) is 11.8 Å². The molecule has 107 heavy (non-hydrogen) atoms. The first kappa shape index (κ1) is 85.3. The molecule has 1 aliphatic heterocycles. The molecule has 578 valence electrons. The minimum atomic E-state index is -0.757. The number of carbonyl (C=O) groups is 8. The van der Waals surface area contributed by atoms with Crippen molar-refractivity contribution in [3.05, 3.63) is 138 Å². The van der Waals surface area contributed by atoms with Gasteiger partial charge in [-0.1, -0.05) is 83.0 Å². The molecule has 31 heteroatoms. The third-order valence-electron chi connectivity index (χ3n) is 16.9. The van der Waals surface area contributed by atoms with Crippen molar-refractivity contribution in [3.8, 4) is 51.7 Å². The number of piperidine rings is 1. The Bertz CT molecular complexity index is 4060. The van der Waals surface area contributed by atoms with Crippen LogP contribution in [-0.4, -0.2) is 153 Å². The number of ether oxygens (including phenoxy) is 12. The van der Waals surface area contributed by atoms with E-state index in [4.69, 9.17) is 126 Å². The number of hydrogen-bond donors (Lipinski definition) is 1. The fraction of sp³-hybridized carbons (Fsp3) is 0.421. The largest absolute Gasteiger partial charge is 0.496 e. The molecule has 3 aliphatic rings. The van der Waals surface area contributed by atoms with Crippen LogP contribution in [0.3, 0.4) is 0 Å². The van der Waals surface area contributed by atoms with Crippen LogP contribution in [0.2, 0.25) is 30.1 Å². The van der Waals surface area contributed by atoms with Gasteiger partial charge in [-0.3, -0.25) is 38.7 Å². The van der Waals surface area contributed by atoms with Crippen LogP contribution in [0.4, 0.5) is 31.4 Å². The summed E-state index contributed by atoms with van der Waals surface area (Å²) in [5.74, 6) is 2.26. The average molecular weight is 1600 g/mol. The van der Waals surface area contributed by atoms with Crippen molar-refractivity contribution in [2.45, 2.75) is 106 Å². The Hall–Kier alpha value is -8.98. The Kier molecular flexibility index (Phi) is 33.4. The molecule has 1 N–H and O–H groups in total. The number of fused-ring (bicyclic) bond motifs is 2. The van der Waals surface area contributed by atoms with Gasteiger partial charge in [0, 0.05) is 19.1 Å². The third-order valence-corrected chi connectivity index (χ3v) is 18.6. The number of methoxy groups -OCH3 is 3. The first-order valence-corrected chi connectivity index (χ1v) is 37.1. The number of nitrogens with one attached hydrogen (secondary N) is 1. The average Bonchev–Trinajstić information content (AvgIpc) is 1.24.